The summed E-state index contributed by atoms with van der Waals surface area (Å²) < 4.78 is 5.17. The summed E-state index contributed by atoms with van der Waals surface area (Å²) in [5, 5.41) is 11.8. The summed E-state index contributed by atoms with van der Waals surface area (Å²) in [6.07, 6.45) is 0.374. The Morgan fingerprint density at radius 2 is 2.16 bits per heavy atom. The molecule has 0 spiro atoms. The van der Waals surface area contributed by atoms with Gasteiger partial charge in [-0.3, -0.25) is 4.79 Å². The third-order valence-corrected chi connectivity index (χ3v) is 3.09. The number of nitrogens with one attached hydrogen (secondary N) is 1. The quantitative estimate of drug-likeness (QED) is 0.781. The lowest BCUT2D eigenvalue weighted by molar-refractivity contribution is -0.116. The van der Waals surface area contributed by atoms with E-state index in [1.165, 1.54) is 0 Å². The fourth-order valence-electron chi connectivity index (χ4n) is 1.60. The fraction of sp³-hybridized carbons (Fsp3) is 0.500. The van der Waals surface area contributed by atoms with E-state index in [1.54, 1.807) is 19.2 Å². The van der Waals surface area contributed by atoms with Crippen molar-refractivity contribution in [3.8, 4) is 5.75 Å². The zero-order valence-corrected chi connectivity index (χ0v) is 11.7. The first-order valence-electron chi connectivity index (χ1n) is 6.32. The Balaban J connectivity index is 2.47. The Morgan fingerprint density at radius 3 is 2.79 bits per heavy atom. The van der Waals surface area contributed by atoms with E-state index < -0.39 is 0 Å². The molecule has 0 saturated carbocycles. The van der Waals surface area contributed by atoms with Crippen LogP contribution in [-0.4, -0.2) is 49.3 Å². The summed E-state index contributed by atoms with van der Waals surface area (Å²) in [6.45, 7) is 2.60. The van der Waals surface area contributed by atoms with Crippen LogP contribution in [0.15, 0.2) is 24.3 Å². The Hall–Kier alpha value is -1.59. The van der Waals surface area contributed by atoms with Crippen molar-refractivity contribution in [2.75, 3.05) is 32.6 Å². The maximum Gasteiger partial charge on any atom is 0.225 e. The second kappa shape index (κ2) is 7.76. The van der Waals surface area contributed by atoms with E-state index in [2.05, 4.69) is 5.32 Å². The highest BCUT2D eigenvalue weighted by Crippen LogP contribution is 2.22. The molecule has 0 aliphatic heterocycles. The number of hydrogen-bond acceptors (Lipinski definition) is 4. The lowest BCUT2D eigenvalue weighted by atomic mass is 10.2. The zero-order chi connectivity index (χ0) is 14.3. The molecular formula is C14H22N2O3. The highest BCUT2D eigenvalue weighted by Gasteiger charge is 2.11. The molecular weight excluding hydrogens is 244 g/mol. The van der Waals surface area contributed by atoms with Crippen molar-refractivity contribution in [1.29, 1.82) is 0 Å². The van der Waals surface area contributed by atoms with Gasteiger partial charge in [-0.25, -0.2) is 0 Å². The summed E-state index contributed by atoms with van der Waals surface area (Å²) in [7, 11) is 3.46. The van der Waals surface area contributed by atoms with E-state index >= 15 is 0 Å². The third kappa shape index (κ3) is 4.89. The number of ether oxygens (including phenoxy) is 1. The summed E-state index contributed by atoms with van der Waals surface area (Å²) >= 11 is 0. The van der Waals surface area contributed by atoms with Crippen molar-refractivity contribution in [2.45, 2.75) is 19.4 Å². The number of likely N-dealkylation sites (N-methyl/N-ethyl adjacent to an activating group) is 1. The largest absolute Gasteiger partial charge is 0.495 e. The Kier molecular flexibility index (Phi) is 6.32. The molecule has 0 saturated heterocycles. The Morgan fingerprint density at radius 1 is 1.47 bits per heavy atom. The predicted molar refractivity (Wildman–Crippen MR) is 75.4 cm³/mol. The number of para-hydroxylation sites is 2. The average molecular weight is 266 g/mol. The van der Waals surface area contributed by atoms with E-state index in [9.17, 15) is 4.79 Å². The van der Waals surface area contributed by atoms with Crippen molar-refractivity contribution < 1.29 is 14.6 Å². The number of aliphatic hydroxyl groups excluding tert-OH is 1. The van der Waals surface area contributed by atoms with Gasteiger partial charge in [-0.2, -0.15) is 0 Å². The first-order valence-corrected chi connectivity index (χ1v) is 6.32. The number of nitrogens with zero attached hydrogens (tertiary/aromatic N) is 1. The van der Waals surface area contributed by atoms with Crippen molar-refractivity contribution in [2.24, 2.45) is 0 Å². The van der Waals surface area contributed by atoms with Crippen LogP contribution in [0, 0.1) is 0 Å². The first kappa shape index (κ1) is 15.5. The summed E-state index contributed by atoms with van der Waals surface area (Å²) in [5.74, 6) is 0.578. The van der Waals surface area contributed by atoms with Crippen LogP contribution in [0.3, 0.4) is 0 Å². The fourth-order valence-corrected chi connectivity index (χ4v) is 1.60. The van der Waals surface area contributed by atoms with Gasteiger partial charge in [-0.05, 0) is 26.1 Å². The van der Waals surface area contributed by atoms with Crippen molar-refractivity contribution in [3.63, 3.8) is 0 Å². The van der Waals surface area contributed by atoms with Crippen LogP contribution >= 0.6 is 0 Å². The van der Waals surface area contributed by atoms with E-state index in [-0.39, 0.29) is 18.6 Å². The van der Waals surface area contributed by atoms with Gasteiger partial charge in [0.05, 0.1) is 19.4 Å². The standard InChI is InChI=1S/C14H22N2O3/c1-11(10-17)16(2)9-8-14(18)15-12-6-4-5-7-13(12)19-3/h4-7,11,17H,8-10H2,1-3H3,(H,15,18). The molecule has 106 valence electrons. The first-order chi connectivity index (χ1) is 9.08. The lowest BCUT2D eigenvalue weighted by Crippen LogP contribution is -2.34. The molecule has 1 atom stereocenters. The number of carbonyl (C=O) groups excluding carboxylic acids is 1. The van der Waals surface area contributed by atoms with Crippen LogP contribution in [0.1, 0.15) is 13.3 Å². The highest BCUT2D eigenvalue weighted by atomic mass is 16.5. The summed E-state index contributed by atoms with van der Waals surface area (Å²) in [6, 6.07) is 7.36. The highest BCUT2D eigenvalue weighted by molar-refractivity contribution is 5.92. The second-order valence-electron chi connectivity index (χ2n) is 4.51. The maximum atomic E-state index is 11.8. The zero-order valence-electron chi connectivity index (χ0n) is 11.7. The predicted octanol–water partition coefficient (Wildman–Crippen LogP) is 1.34. The molecule has 0 radical (unpaired) electrons. The number of aliphatic hydroxyl groups is 1. The molecule has 0 aliphatic carbocycles. The minimum Gasteiger partial charge on any atom is -0.495 e. The molecule has 0 heterocycles. The SMILES string of the molecule is COc1ccccc1NC(=O)CCN(C)C(C)CO. The van der Waals surface area contributed by atoms with Gasteiger partial charge in [0.2, 0.25) is 5.91 Å². The molecule has 1 amide bonds. The third-order valence-electron chi connectivity index (χ3n) is 3.09. The van der Waals surface area contributed by atoms with Crippen molar-refractivity contribution in [3.05, 3.63) is 24.3 Å². The molecule has 19 heavy (non-hydrogen) atoms. The summed E-state index contributed by atoms with van der Waals surface area (Å²) in [4.78, 5) is 13.8. The van der Waals surface area contributed by atoms with Crippen LogP contribution < -0.4 is 10.1 Å². The number of carbonyl (C=O) groups is 1. The smallest absolute Gasteiger partial charge is 0.225 e. The molecule has 0 fully saturated rings. The number of anilines is 1. The molecule has 2 N–H and O–H groups in total. The van der Waals surface area contributed by atoms with Gasteiger partial charge >= 0.3 is 0 Å². The molecule has 0 aliphatic rings. The number of amides is 1. The monoisotopic (exact) mass is 266 g/mol. The van der Waals surface area contributed by atoms with Gasteiger partial charge in [-0.1, -0.05) is 12.1 Å². The number of rotatable bonds is 7. The number of hydrogen-bond donors (Lipinski definition) is 2. The molecule has 0 aromatic heterocycles. The molecule has 5 heteroatoms. The van der Waals surface area contributed by atoms with Crippen LogP contribution in [0.2, 0.25) is 0 Å². The molecule has 1 rings (SSSR count). The van der Waals surface area contributed by atoms with Crippen molar-refractivity contribution >= 4 is 11.6 Å². The Bertz CT molecular complexity index is 409. The van der Waals surface area contributed by atoms with Gasteiger partial charge in [-0.15, -0.1) is 0 Å². The van der Waals surface area contributed by atoms with Gasteiger partial charge in [0, 0.05) is 19.0 Å². The van der Waals surface area contributed by atoms with E-state index in [0.29, 0.717) is 24.4 Å². The van der Waals surface area contributed by atoms with Gasteiger partial charge in [0.15, 0.2) is 0 Å². The number of benzene rings is 1. The minimum absolute atomic E-state index is 0.0547. The van der Waals surface area contributed by atoms with Crippen LogP contribution in [-0.2, 0) is 4.79 Å². The maximum absolute atomic E-state index is 11.8. The van der Waals surface area contributed by atoms with Gasteiger partial charge in [0.25, 0.3) is 0 Å². The molecule has 1 aromatic rings. The van der Waals surface area contributed by atoms with Crippen molar-refractivity contribution in [1.82, 2.24) is 4.90 Å². The van der Waals surface area contributed by atoms with E-state index in [0.717, 1.165) is 0 Å². The van der Waals surface area contributed by atoms with Gasteiger partial charge < -0.3 is 20.1 Å². The van der Waals surface area contributed by atoms with Crippen LogP contribution in [0.5, 0.6) is 5.75 Å². The second-order valence-corrected chi connectivity index (χ2v) is 4.51. The lowest BCUT2D eigenvalue weighted by Gasteiger charge is -2.22. The van der Waals surface area contributed by atoms with E-state index in [4.69, 9.17) is 9.84 Å². The summed E-state index contributed by atoms with van der Waals surface area (Å²) in [5.41, 5.74) is 0.674. The normalized spacial score (nSPS) is 12.3. The number of methoxy groups -OCH3 is 1. The average Bonchev–Trinajstić information content (AvgIpc) is 2.44. The molecule has 5 nitrogen and oxygen atoms in total. The van der Waals surface area contributed by atoms with E-state index in [1.807, 2.05) is 31.0 Å². The van der Waals surface area contributed by atoms with Crippen LogP contribution in [0.25, 0.3) is 0 Å². The topological polar surface area (TPSA) is 61.8 Å². The molecule has 1 unspecified atom stereocenters. The molecule has 1 aromatic carbocycles. The molecule has 0 bridgehead atoms. The van der Waals surface area contributed by atoms with Crippen LogP contribution in [0.4, 0.5) is 5.69 Å². The Labute approximate surface area is 114 Å². The minimum atomic E-state index is -0.0681. The van der Waals surface area contributed by atoms with Gasteiger partial charge in [0.1, 0.15) is 5.75 Å².